The van der Waals surface area contributed by atoms with Crippen LogP contribution in [0.1, 0.15) is 17.7 Å². The third-order valence-corrected chi connectivity index (χ3v) is 2.32. The van der Waals surface area contributed by atoms with Crippen LogP contribution in [0.25, 0.3) is 0 Å². The Balaban J connectivity index is 2.00. The molecule has 1 heterocycles. The summed E-state index contributed by atoms with van der Waals surface area (Å²) in [5.74, 6) is 0. The lowest BCUT2D eigenvalue weighted by Crippen LogP contribution is -2.13. The molecule has 1 aromatic rings. The Morgan fingerprint density at radius 1 is 1.67 bits per heavy atom. The average molecular weight is 182 g/mol. The molecule has 0 aliphatic carbocycles. The second-order valence-electron chi connectivity index (χ2n) is 2.58. The van der Waals surface area contributed by atoms with Crippen molar-refractivity contribution in [2.45, 2.75) is 19.4 Å². The molecule has 3 heteroatoms. The van der Waals surface area contributed by atoms with Gasteiger partial charge in [-0.25, -0.2) is 0 Å². The van der Waals surface area contributed by atoms with Crippen LogP contribution >= 0.6 is 11.3 Å². The van der Waals surface area contributed by atoms with Crippen molar-refractivity contribution < 1.29 is 0 Å². The molecule has 1 aromatic heterocycles. The van der Waals surface area contributed by atoms with Crippen molar-refractivity contribution in [2.24, 2.45) is 0 Å². The van der Waals surface area contributed by atoms with Gasteiger partial charge in [-0.2, -0.15) is 0 Å². The van der Waals surface area contributed by atoms with Gasteiger partial charge in [0.05, 0.1) is 5.51 Å². The maximum absolute atomic E-state index is 4.00. The van der Waals surface area contributed by atoms with Crippen molar-refractivity contribution in [3.05, 3.63) is 29.2 Å². The molecule has 12 heavy (non-hydrogen) atoms. The highest BCUT2D eigenvalue weighted by Crippen LogP contribution is 2.03. The van der Waals surface area contributed by atoms with Crippen molar-refractivity contribution in [3.8, 4) is 0 Å². The molecule has 1 N–H and O–H groups in total. The van der Waals surface area contributed by atoms with E-state index in [1.807, 2.05) is 17.8 Å². The van der Waals surface area contributed by atoms with E-state index >= 15 is 0 Å². The van der Waals surface area contributed by atoms with Crippen LogP contribution < -0.4 is 5.32 Å². The standard InChI is InChI=1S/C9H14N2S/c1-2-3-4-5-10-6-9-7-11-8-12-9/h2,7-8,10H,1,3-6H2. The number of allylic oxidation sites excluding steroid dienone is 1. The first-order chi connectivity index (χ1) is 5.93. The lowest BCUT2D eigenvalue weighted by atomic mass is 10.3. The van der Waals surface area contributed by atoms with Crippen molar-refractivity contribution in [1.82, 2.24) is 10.3 Å². The summed E-state index contributed by atoms with van der Waals surface area (Å²) in [5.41, 5.74) is 1.86. The van der Waals surface area contributed by atoms with E-state index in [-0.39, 0.29) is 0 Å². The molecule has 0 fully saturated rings. The Hall–Kier alpha value is -0.670. The summed E-state index contributed by atoms with van der Waals surface area (Å²) >= 11 is 1.69. The summed E-state index contributed by atoms with van der Waals surface area (Å²) in [5, 5.41) is 3.35. The predicted octanol–water partition coefficient (Wildman–Crippen LogP) is 2.20. The first-order valence-electron chi connectivity index (χ1n) is 4.12. The molecule has 0 atom stereocenters. The van der Waals surface area contributed by atoms with E-state index in [4.69, 9.17) is 0 Å². The number of unbranched alkanes of at least 4 members (excludes halogenated alkanes) is 1. The van der Waals surface area contributed by atoms with Gasteiger partial charge in [-0.15, -0.1) is 17.9 Å². The molecule has 0 aliphatic heterocycles. The zero-order valence-electron chi connectivity index (χ0n) is 7.12. The van der Waals surface area contributed by atoms with E-state index in [9.17, 15) is 0 Å². The summed E-state index contributed by atoms with van der Waals surface area (Å²) < 4.78 is 0. The SMILES string of the molecule is C=CCCCNCc1cncs1. The van der Waals surface area contributed by atoms with Crippen LogP contribution in [0, 0.1) is 0 Å². The molecule has 0 amide bonds. The lowest BCUT2D eigenvalue weighted by molar-refractivity contribution is 0.660. The summed E-state index contributed by atoms with van der Waals surface area (Å²) in [6.07, 6.45) is 6.12. The third kappa shape index (κ3) is 3.64. The van der Waals surface area contributed by atoms with Gasteiger partial charge in [0.1, 0.15) is 0 Å². The Morgan fingerprint density at radius 2 is 2.58 bits per heavy atom. The Bertz CT molecular complexity index is 206. The number of rotatable bonds is 6. The molecule has 0 saturated carbocycles. The molecule has 2 nitrogen and oxygen atoms in total. The van der Waals surface area contributed by atoms with Crippen molar-refractivity contribution in [3.63, 3.8) is 0 Å². The zero-order valence-corrected chi connectivity index (χ0v) is 7.94. The number of nitrogens with zero attached hydrogens (tertiary/aromatic N) is 1. The van der Waals surface area contributed by atoms with Crippen molar-refractivity contribution in [2.75, 3.05) is 6.54 Å². The van der Waals surface area contributed by atoms with Crippen molar-refractivity contribution >= 4 is 11.3 Å². The number of aromatic nitrogens is 1. The lowest BCUT2D eigenvalue weighted by Gasteiger charge is -1.99. The van der Waals surface area contributed by atoms with Crippen LogP contribution in [0.2, 0.25) is 0 Å². The minimum Gasteiger partial charge on any atom is -0.312 e. The monoisotopic (exact) mass is 182 g/mol. The maximum atomic E-state index is 4.00. The molecule has 0 aliphatic rings. The first kappa shape index (κ1) is 9.42. The van der Waals surface area contributed by atoms with Crippen LogP contribution in [0.15, 0.2) is 24.4 Å². The van der Waals surface area contributed by atoms with Gasteiger partial charge in [0.15, 0.2) is 0 Å². The van der Waals surface area contributed by atoms with Crippen LogP contribution in [0.3, 0.4) is 0 Å². The fraction of sp³-hybridized carbons (Fsp3) is 0.444. The first-order valence-corrected chi connectivity index (χ1v) is 5.00. The molecular formula is C9H14N2S. The van der Waals surface area contributed by atoms with E-state index < -0.39 is 0 Å². The predicted molar refractivity (Wildman–Crippen MR) is 53.3 cm³/mol. The minimum atomic E-state index is 0.946. The second kappa shape index (κ2) is 5.91. The quantitative estimate of drug-likeness (QED) is 0.539. The number of hydrogen-bond donors (Lipinski definition) is 1. The molecule has 0 spiro atoms. The van der Waals surface area contributed by atoms with Gasteiger partial charge in [-0.3, -0.25) is 4.98 Å². The summed E-state index contributed by atoms with van der Waals surface area (Å²) in [6, 6.07) is 0. The highest BCUT2D eigenvalue weighted by Gasteiger charge is 1.91. The van der Waals surface area contributed by atoms with Crippen LogP contribution in [0.4, 0.5) is 0 Å². The van der Waals surface area contributed by atoms with E-state index in [2.05, 4.69) is 16.9 Å². The van der Waals surface area contributed by atoms with Gasteiger partial charge in [0, 0.05) is 17.6 Å². The van der Waals surface area contributed by atoms with E-state index in [0.29, 0.717) is 0 Å². The molecule has 0 aromatic carbocycles. The Kier molecular flexibility index (Phi) is 4.64. The topological polar surface area (TPSA) is 24.9 Å². The van der Waals surface area contributed by atoms with Gasteiger partial charge in [-0.05, 0) is 19.4 Å². The van der Waals surface area contributed by atoms with E-state index in [0.717, 1.165) is 19.5 Å². The molecule has 0 radical (unpaired) electrons. The molecule has 0 unspecified atom stereocenters. The number of hydrogen-bond acceptors (Lipinski definition) is 3. The maximum Gasteiger partial charge on any atom is 0.0794 e. The van der Waals surface area contributed by atoms with Crippen molar-refractivity contribution in [1.29, 1.82) is 0 Å². The van der Waals surface area contributed by atoms with Crippen LogP contribution in [0.5, 0.6) is 0 Å². The molecule has 66 valence electrons. The fourth-order valence-electron chi connectivity index (χ4n) is 0.912. The smallest absolute Gasteiger partial charge is 0.0794 e. The van der Waals surface area contributed by atoms with Crippen LogP contribution in [-0.4, -0.2) is 11.5 Å². The third-order valence-electron chi connectivity index (χ3n) is 1.54. The summed E-state index contributed by atoms with van der Waals surface area (Å²) in [7, 11) is 0. The molecule has 0 bridgehead atoms. The summed E-state index contributed by atoms with van der Waals surface area (Å²) in [6.45, 7) is 5.68. The van der Waals surface area contributed by atoms with Gasteiger partial charge in [0.2, 0.25) is 0 Å². The van der Waals surface area contributed by atoms with E-state index in [1.54, 1.807) is 11.3 Å². The largest absolute Gasteiger partial charge is 0.312 e. The fourth-order valence-corrected chi connectivity index (χ4v) is 1.48. The molecule has 1 rings (SSSR count). The minimum absolute atomic E-state index is 0.946. The highest BCUT2D eigenvalue weighted by molar-refractivity contribution is 7.09. The van der Waals surface area contributed by atoms with E-state index in [1.165, 1.54) is 11.3 Å². The molecule has 0 saturated heterocycles. The van der Waals surface area contributed by atoms with Gasteiger partial charge in [0.25, 0.3) is 0 Å². The number of nitrogens with one attached hydrogen (secondary N) is 1. The van der Waals surface area contributed by atoms with Crippen LogP contribution in [-0.2, 0) is 6.54 Å². The normalized spacial score (nSPS) is 10.0. The number of thiazole rings is 1. The average Bonchev–Trinajstić information content (AvgIpc) is 2.57. The Morgan fingerprint density at radius 3 is 3.25 bits per heavy atom. The van der Waals surface area contributed by atoms with Gasteiger partial charge >= 0.3 is 0 Å². The zero-order chi connectivity index (χ0) is 8.65. The Labute approximate surface area is 77.3 Å². The van der Waals surface area contributed by atoms with Gasteiger partial charge in [-0.1, -0.05) is 6.08 Å². The molecular weight excluding hydrogens is 168 g/mol. The van der Waals surface area contributed by atoms with Gasteiger partial charge < -0.3 is 5.32 Å². The summed E-state index contributed by atoms with van der Waals surface area (Å²) in [4.78, 5) is 5.30. The highest BCUT2D eigenvalue weighted by atomic mass is 32.1. The second-order valence-corrected chi connectivity index (χ2v) is 3.55.